The molecule has 0 N–H and O–H groups in total. The summed E-state index contributed by atoms with van der Waals surface area (Å²) >= 11 is 0. The normalized spacial score (nSPS) is 12.4. The highest BCUT2D eigenvalue weighted by Crippen LogP contribution is 2.34. The van der Waals surface area contributed by atoms with E-state index in [1.54, 1.807) is 36.4 Å². The minimum absolute atomic E-state index is 0.594. The van der Waals surface area contributed by atoms with Crippen molar-refractivity contribution in [3.8, 4) is 0 Å². The van der Waals surface area contributed by atoms with Gasteiger partial charge in [0.2, 0.25) is 0 Å². The van der Waals surface area contributed by atoms with Crippen molar-refractivity contribution in [2.75, 3.05) is 18.1 Å². The van der Waals surface area contributed by atoms with Crippen molar-refractivity contribution < 1.29 is 19.1 Å². The molecule has 3 aromatic carbocycles. The standard InChI is InChI=1S/C21H15NO3.C4H8O/c23-13-16-1-7-19(8-2-16)22(20-9-3-17(14-24)4-10-20)21-11-5-18(15-25)6-12-21;1-2-4-5-3-1/h1-15H;1-4H2. The second-order valence-electron chi connectivity index (χ2n) is 6.78. The summed E-state index contributed by atoms with van der Waals surface area (Å²) in [5, 5.41) is 0. The molecule has 0 atom stereocenters. The number of aldehydes is 3. The number of ether oxygens (including phenoxy) is 1. The van der Waals surface area contributed by atoms with Crippen LogP contribution in [0.4, 0.5) is 17.1 Å². The van der Waals surface area contributed by atoms with E-state index in [4.69, 9.17) is 4.74 Å². The van der Waals surface area contributed by atoms with Crippen LogP contribution in [0.15, 0.2) is 72.8 Å². The summed E-state index contributed by atoms with van der Waals surface area (Å²) in [6.45, 7) is 2.00. The fourth-order valence-corrected chi connectivity index (χ4v) is 3.06. The minimum atomic E-state index is 0.594. The fourth-order valence-electron chi connectivity index (χ4n) is 3.06. The predicted octanol–water partition coefficient (Wildman–Crippen LogP) is 5.39. The molecular formula is C25H23NO4. The maximum absolute atomic E-state index is 10.9. The summed E-state index contributed by atoms with van der Waals surface area (Å²) in [7, 11) is 0. The van der Waals surface area contributed by atoms with Gasteiger partial charge in [0.1, 0.15) is 18.9 Å². The van der Waals surface area contributed by atoms with Crippen molar-refractivity contribution >= 4 is 35.9 Å². The van der Waals surface area contributed by atoms with Crippen molar-refractivity contribution in [3.05, 3.63) is 89.5 Å². The summed E-state index contributed by atoms with van der Waals surface area (Å²) in [6, 6.07) is 21.6. The van der Waals surface area contributed by atoms with Gasteiger partial charge in [-0.05, 0) is 85.6 Å². The van der Waals surface area contributed by atoms with E-state index in [1.165, 1.54) is 12.8 Å². The number of nitrogens with zero attached hydrogens (tertiary/aromatic N) is 1. The van der Waals surface area contributed by atoms with Gasteiger partial charge in [-0.25, -0.2) is 0 Å². The van der Waals surface area contributed by atoms with Gasteiger partial charge in [0.15, 0.2) is 0 Å². The maximum atomic E-state index is 10.9. The highest BCUT2D eigenvalue weighted by atomic mass is 16.5. The summed E-state index contributed by atoms with van der Waals surface area (Å²) in [6.07, 6.45) is 4.95. The van der Waals surface area contributed by atoms with Crippen LogP contribution in [0, 0.1) is 0 Å². The molecule has 0 saturated carbocycles. The second-order valence-corrected chi connectivity index (χ2v) is 6.78. The van der Waals surface area contributed by atoms with Crippen molar-refractivity contribution in [2.45, 2.75) is 12.8 Å². The molecule has 30 heavy (non-hydrogen) atoms. The van der Waals surface area contributed by atoms with E-state index in [2.05, 4.69) is 0 Å². The molecule has 0 unspecified atom stereocenters. The van der Waals surface area contributed by atoms with Crippen molar-refractivity contribution in [3.63, 3.8) is 0 Å². The van der Waals surface area contributed by atoms with Gasteiger partial charge in [-0.1, -0.05) is 0 Å². The van der Waals surface area contributed by atoms with Crippen LogP contribution in [0.2, 0.25) is 0 Å². The number of carbonyl (C=O) groups excluding carboxylic acids is 3. The highest BCUT2D eigenvalue weighted by Gasteiger charge is 2.12. The topological polar surface area (TPSA) is 63.7 Å². The minimum Gasteiger partial charge on any atom is -0.381 e. The van der Waals surface area contributed by atoms with E-state index in [0.29, 0.717) is 16.7 Å². The first-order valence-corrected chi connectivity index (χ1v) is 9.79. The lowest BCUT2D eigenvalue weighted by Gasteiger charge is -2.25. The second kappa shape index (κ2) is 10.8. The van der Waals surface area contributed by atoms with Gasteiger partial charge in [0, 0.05) is 47.0 Å². The highest BCUT2D eigenvalue weighted by molar-refractivity contribution is 5.83. The zero-order valence-corrected chi connectivity index (χ0v) is 16.6. The summed E-state index contributed by atoms with van der Waals surface area (Å²) in [5.41, 5.74) is 4.37. The molecule has 0 radical (unpaired) electrons. The molecule has 3 aromatic rings. The van der Waals surface area contributed by atoms with Crippen LogP contribution in [-0.4, -0.2) is 32.1 Å². The predicted molar refractivity (Wildman–Crippen MR) is 117 cm³/mol. The van der Waals surface area contributed by atoms with E-state index in [0.717, 1.165) is 49.1 Å². The molecule has 1 aliphatic heterocycles. The first kappa shape index (κ1) is 21.1. The van der Waals surface area contributed by atoms with E-state index in [-0.39, 0.29) is 0 Å². The van der Waals surface area contributed by atoms with Crippen LogP contribution in [0.1, 0.15) is 43.9 Å². The lowest BCUT2D eigenvalue weighted by molar-refractivity contribution is 0.111. The summed E-state index contributed by atoms with van der Waals surface area (Å²) < 4.78 is 4.94. The van der Waals surface area contributed by atoms with Gasteiger partial charge in [-0.3, -0.25) is 14.4 Å². The third-order valence-electron chi connectivity index (χ3n) is 4.69. The molecule has 152 valence electrons. The average molecular weight is 401 g/mol. The first-order chi connectivity index (χ1) is 14.7. The third kappa shape index (κ3) is 5.49. The Morgan fingerprint density at radius 3 is 1.03 bits per heavy atom. The Balaban J connectivity index is 0.000000448. The molecule has 0 aromatic heterocycles. The molecule has 0 amide bonds. The molecule has 5 nitrogen and oxygen atoms in total. The number of anilines is 3. The van der Waals surface area contributed by atoms with Gasteiger partial charge < -0.3 is 9.64 Å². The van der Waals surface area contributed by atoms with Crippen LogP contribution in [0.25, 0.3) is 0 Å². The van der Waals surface area contributed by atoms with Crippen molar-refractivity contribution in [2.24, 2.45) is 0 Å². The smallest absolute Gasteiger partial charge is 0.150 e. The molecule has 4 rings (SSSR count). The molecule has 0 spiro atoms. The molecule has 5 heteroatoms. The zero-order valence-electron chi connectivity index (χ0n) is 16.6. The van der Waals surface area contributed by atoms with E-state index < -0.39 is 0 Å². The Kier molecular flexibility index (Phi) is 7.64. The molecule has 0 aliphatic carbocycles. The number of hydrogen-bond acceptors (Lipinski definition) is 5. The lowest BCUT2D eigenvalue weighted by Crippen LogP contribution is -2.10. The van der Waals surface area contributed by atoms with Gasteiger partial charge in [-0.15, -0.1) is 0 Å². The molecule has 1 fully saturated rings. The van der Waals surface area contributed by atoms with Gasteiger partial charge in [0.25, 0.3) is 0 Å². The monoisotopic (exact) mass is 401 g/mol. The number of rotatable bonds is 6. The van der Waals surface area contributed by atoms with Gasteiger partial charge in [-0.2, -0.15) is 0 Å². The number of hydrogen-bond donors (Lipinski definition) is 0. The van der Waals surface area contributed by atoms with Crippen LogP contribution in [0.3, 0.4) is 0 Å². The summed E-state index contributed by atoms with van der Waals surface area (Å²) in [5.74, 6) is 0. The lowest BCUT2D eigenvalue weighted by atomic mass is 10.1. The van der Waals surface area contributed by atoms with E-state index in [1.807, 2.05) is 41.3 Å². The maximum Gasteiger partial charge on any atom is 0.150 e. The van der Waals surface area contributed by atoms with Crippen LogP contribution < -0.4 is 4.90 Å². The van der Waals surface area contributed by atoms with E-state index in [9.17, 15) is 14.4 Å². The molecule has 1 saturated heterocycles. The summed E-state index contributed by atoms with van der Waals surface area (Å²) in [4.78, 5) is 34.7. The third-order valence-corrected chi connectivity index (χ3v) is 4.69. The van der Waals surface area contributed by atoms with Crippen LogP contribution >= 0.6 is 0 Å². The molecular weight excluding hydrogens is 378 g/mol. The van der Waals surface area contributed by atoms with Gasteiger partial charge >= 0.3 is 0 Å². The van der Waals surface area contributed by atoms with Crippen LogP contribution in [0.5, 0.6) is 0 Å². The Bertz CT molecular complexity index is 829. The Labute approximate surface area is 175 Å². The zero-order chi connectivity index (χ0) is 21.2. The Hall–Kier alpha value is -3.57. The van der Waals surface area contributed by atoms with Crippen molar-refractivity contribution in [1.82, 2.24) is 0 Å². The number of carbonyl (C=O) groups is 3. The first-order valence-electron chi connectivity index (χ1n) is 9.79. The quantitative estimate of drug-likeness (QED) is 0.518. The molecule has 0 bridgehead atoms. The SMILES string of the molecule is C1CCOC1.O=Cc1ccc(N(c2ccc(C=O)cc2)c2ccc(C=O)cc2)cc1. The van der Waals surface area contributed by atoms with E-state index >= 15 is 0 Å². The average Bonchev–Trinajstić information content (AvgIpc) is 3.41. The number of benzene rings is 3. The molecule has 1 heterocycles. The Morgan fingerprint density at radius 2 is 0.833 bits per heavy atom. The largest absolute Gasteiger partial charge is 0.381 e. The van der Waals surface area contributed by atoms with Gasteiger partial charge in [0.05, 0.1) is 0 Å². The van der Waals surface area contributed by atoms with Crippen LogP contribution in [-0.2, 0) is 4.74 Å². The Morgan fingerprint density at radius 1 is 0.533 bits per heavy atom. The van der Waals surface area contributed by atoms with Crippen molar-refractivity contribution in [1.29, 1.82) is 0 Å². The fraction of sp³-hybridized carbons (Fsp3) is 0.160. The molecule has 1 aliphatic rings.